The summed E-state index contributed by atoms with van der Waals surface area (Å²) in [4.78, 5) is 24.5. The average Bonchev–Trinajstić information content (AvgIpc) is 2.70. The van der Waals surface area contributed by atoms with E-state index in [-0.39, 0.29) is 21.8 Å². The summed E-state index contributed by atoms with van der Waals surface area (Å²) in [6, 6.07) is 7.67. The van der Waals surface area contributed by atoms with Crippen LogP contribution < -0.4 is 5.32 Å². The lowest BCUT2D eigenvalue weighted by Gasteiger charge is -2.21. The number of anilines is 1. The minimum Gasteiger partial charge on any atom is -0.375 e. The molecule has 2 N–H and O–H groups in total. The highest BCUT2D eigenvalue weighted by atomic mass is 35.5. The number of Topliss-reactive ketones (excluding diaryl/α,β-unsaturated/α-hetero) is 1. The highest BCUT2D eigenvalue weighted by molar-refractivity contribution is 6.36. The van der Waals surface area contributed by atoms with Crippen molar-refractivity contribution in [1.82, 2.24) is 0 Å². The number of carbonyl (C=O) groups excluding carboxylic acids is 2. The SMILES string of the molecule is O=C(CC1(O)C(=O)Nc2cc(Cl)cc(Cl)c21)c1ccc(F)cc1. The minimum atomic E-state index is -2.09. The van der Waals surface area contributed by atoms with Crippen LogP contribution in [0.15, 0.2) is 36.4 Å². The fourth-order valence-electron chi connectivity index (χ4n) is 2.57. The van der Waals surface area contributed by atoms with E-state index in [1.165, 1.54) is 24.3 Å². The third-order valence-electron chi connectivity index (χ3n) is 3.68. The molecule has 0 saturated carbocycles. The molecule has 1 unspecified atom stereocenters. The maximum Gasteiger partial charge on any atom is 0.261 e. The lowest BCUT2D eigenvalue weighted by molar-refractivity contribution is -0.133. The Labute approximate surface area is 140 Å². The Morgan fingerprint density at radius 3 is 2.52 bits per heavy atom. The number of carbonyl (C=O) groups is 2. The molecule has 0 aromatic heterocycles. The Balaban J connectivity index is 1.98. The molecule has 23 heavy (non-hydrogen) atoms. The molecule has 1 aliphatic rings. The second kappa shape index (κ2) is 5.60. The Bertz CT molecular complexity index is 823. The standard InChI is InChI=1S/C16H10Cl2FNO3/c17-9-5-11(18)14-12(6-9)20-15(22)16(14,23)7-13(21)8-1-3-10(19)4-2-8/h1-6,23H,7H2,(H,20,22). The fourth-order valence-corrected chi connectivity index (χ4v) is 3.22. The summed E-state index contributed by atoms with van der Waals surface area (Å²) < 4.78 is 12.9. The van der Waals surface area contributed by atoms with Crippen LogP contribution in [0.1, 0.15) is 22.3 Å². The first-order valence-corrected chi connectivity index (χ1v) is 7.39. The van der Waals surface area contributed by atoms with Gasteiger partial charge < -0.3 is 10.4 Å². The van der Waals surface area contributed by atoms with Crippen LogP contribution in [0.25, 0.3) is 0 Å². The van der Waals surface area contributed by atoms with E-state index in [1.54, 1.807) is 0 Å². The van der Waals surface area contributed by atoms with Crippen molar-refractivity contribution in [3.63, 3.8) is 0 Å². The summed E-state index contributed by atoms with van der Waals surface area (Å²) in [6.45, 7) is 0. The van der Waals surface area contributed by atoms with Crippen LogP contribution in [-0.2, 0) is 10.4 Å². The zero-order valence-corrected chi connectivity index (χ0v) is 13.1. The molecular formula is C16H10Cl2FNO3. The van der Waals surface area contributed by atoms with Gasteiger partial charge in [-0.2, -0.15) is 0 Å². The molecule has 2 aromatic rings. The topological polar surface area (TPSA) is 66.4 Å². The summed E-state index contributed by atoms with van der Waals surface area (Å²) in [7, 11) is 0. The molecule has 3 rings (SSSR count). The van der Waals surface area contributed by atoms with Gasteiger partial charge in [0.25, 0.3) is 5.91 Å². The van der Waals surface area contributed by atoms with Gasteiger partial charge in [0.1, 0.15) is 5.82 Å². The molecule has 1 aliphatic heterocycles. The van der Waals surface area contributed by atoms with Gasteiger partial charge in [0, 0.05) is 16.1 Å². The van der Waals surface area contributed by atoms with Gasteiger partial charge in [-0.3, -0.25) is 9.59 Å². The Kier molecular flexibility index (Phi) is 3.88. The molecule has 118 valence electrons. The normalized spacial score (nSPS) is 19.4. The quantitative estimate of drug-likeness (QED) is 0.829. The van der Waals surface area contributed by atoms with Crippen molar-refractivity contribution < 1.29 is 19.1 Å². The first-order valence-electron chi connectivity index (χ1n) is 6.63. The van der Waals surface area contributed by atoms with Crippen molar-refractivity contribution >= 4 is 40.6 Å². The van der Waals surface area contributed by atoms with Crippen molar-refractivity contribution in [1.29, 1.82) is 0 Å². The highest BCUT2D eigenvalue weighted by Gasteiger charge is 2.48. The van der Waals surface area contributed by atoms with E-state index in [0.717, 1.165) is 12.1 Å². The molecule has 0 fully saturated rings. The summed E-state index contributed by atoms with van der Waals surface area (Å²) >= 11 is 11.9. The van der Waals surface area contributed by atoms with Gasteiger partial charge in [0.15, 0.2) is 11.4 Å². The molecule has 1 amide bonds. The second-order valence-corrected chi connectivity index (χ2v) is 6.08. The first kappa shape index (κ1) is 15.9. The monoisotopic (exact) mass is 353 g/mol. The smallest absolute Gasteiger partial charge is 0.261 e. The third-order valence-corrected chi connectivity index (χ3v) is 4.19. The van der Waals surface area contributed by atoms with Crippen LogP contribution in [0.3, 0.4) is 0 Å². The number of hydrogen-bond acceptors (Lipinski definition) is 3. The van der Waals surface area contributed by atoms with Crippen LogP contribution in [-0.4, -0.2) is 16.8 Å². The Hall–Kier alpha value is -1.95. The maximum atomic E-state index is 12.9. The van der Waals surface area contributed by atoms with Crippen LogP contribution in [0.2, 0.25) is 10.0 Å². The third kappa shape index (κ3) is 2.72. The maximum absolute atomic E-state index is 12.9. The van der Waals surface area contributed by atoms with Gasteiger partial charge in [-0.15, -0.1) is 0 Å². The fraction of sp³-hybridized carbons (Fsp3) is 0.125. The summed E-state index contributed by atoms with van der Waals surface area (Å²) in [6.07, 6.45) is -0.515. The van der Waals surface area contributed by atoms with Crippen molar-refractivity contribution in [3.05, 3.63) is 63.4 Å². The summed E-state index contributed by atoms with van der Waals surface area (Å²) in [5.41, 5.74) is -1.53. The number of aliphatic hydroxyl groups is 1. The van der Waals surface area contributed by atoms with E-state index in [1.807, 2.05) is 0 Å². The van der Waals surface area contributed by atoms with Crippen LogP contribution in [0, 0.1) is 5.82 Å². The molecule has 0 saturated heterocycles. The molecule has 1 heterocycles. The Morgan fingerprint density at radius 2 is 1.87 bits per heavy atom. The number of ketones is 1. The average molecular weight is 354 g/mol. The van der Waals surface area contributed by atoms with Gasteiger partial charge in [-0.25, -0.2) is 4.39 Å². The van der Waals surface area contributed by atoms with Gasteiger partial charge in [-0.1, -0.05) is 23.2 Å². The zero-order valence-electron chi connectivity index (χ0n) is 11.6. The molecule has 2 aromatic carbocycles. The van der Waals surface area contributed by atoms with E-state index in [9.17, 15) is 19.1 Å². The molecule has 0 radical (unpaired) electrons. The summed E-state index contributed by atoms with van der Waals surface area (Å²) in [5.74, 6) is -1.75. The van der Waals surface area contributed by atoms with E-state index < -0.39 is 29.5 Å². The molecule has 0 aliphatic carbocycles. The molecule has 7 heteroatoms. The van der Waals surface area contributed by atoms with Crippen molar-refractivity contribution in [3.8, 4) is 0 Å². The predicted molar refractivity (Wildman–Crippen MR) is 84.3 cm³/mol. The van der Waals surface area contributed by atoms with Gasteiger partial charge in [-0.05, 0) is 36.4 Å². The lowest BCUT2D eigenvalue weighted by Crippen LogP contribution is -2.36. The first-order chi connectivity index (χ1) is 10.8. The number of fused-ring (bicyclic) bond motifs is 1. The lowest BCUT2D eigenvalue weighted by atomic mass is 9.88. The van der Waals surface area contributed by atoms with Gasteiger partial charge in [0.2, 0.25) is 0 Å². The van der Waals surface area contributed by atoms with Gasteiger partial charge >= 0.3 is 0 Å². The molecule has 0 bridgehead atoms. The second-order valence-electron chi connectivity index (χ2n) is 5.23. The van der Waals surface area contributed by atoms with Crippen molar-refractivity contribution in [2.75, 3.05) is 5.32 Å². The predicted octanol–water partition coefficient (Wildman–Crippen LogP) is 3.55. The number of hydrogen-bond donors (Lipinski definition) is 2. The Morgan fingerprint density at radius 1 is 1.22 bits per heavy atom. The van der Waals surface area contributed by atoms with Crippen molar-refractivity contribution in [2.45, 2.75) is 12.0 Å². The zero-order chi connectivity index (χ0) is 16.8. The molecule has 0 spiro atoms. The van der Waals surface area contributed by atoms with Crippen molar-refractivity contribution in [2.24, 2.45) is 0 Å². The molecule has 4 nitrogen and oxygen atoms in total. The molecular weight excluding hydrogens is 344 g/mol. The number of rotatable bonds is 3. The van der Waals surface area contributed by atoms with E-state index in [4.69, 9.17) is 23.2 Å². The van der Waals surface area contributed by atoms with Crippen LogP contribution in [0.5, 0.6) is 0 Å². The molecule has 1 atom stereocenters. The largest absolute Gasteiger partial charge is 0.375 e. The van der Waals surface area contributed by atoms with Crippen LogP contribution >= 0.6 is 23.2 Å². The van der Waals surface area contributed by atoms with E-state index in [2.05, 4.69) is 5.32 Å². The van der Waals surface area contributed by atoms with E-state index in [0.29, 0.717) is 5.02 Å². The number of benzene rings is 2. The minimum absolute atomic E-state index is 0.0836. The number of halogens is 3. The van der Waals surface area contributed by atoms with Crippen LogP contribution in [0.4, 0.5) is 10.1 Å². The highest BCUT2D eigenvalue weighted by Crippen LogP contribution is 2.44. The van der Waals surface area contributed by atoms with Gasteiger partial charge in [0.05, 0.1) is 17.1 Å². The number of nitrogens with one attached hydrogen (secondary N) is 1. The van der Waals surface area contributed by atoms with E-state index >= 15 is 0 Å². The summed E-state index contributed by atoms with van der Waals surface area (Å²) in [5, 5.41) is 13.6. The number of amides is 1.